The van der Waals surface area contributed by atoms with Gasteiger partial charge >= 0.3 is 0 Å². The van der Waals surface area contributed by atoms with Gasteiger partial charge in [0.15, 0.2) is 17.4 Å². The molecule has 0 bridgehead atoms. The third-order valence-corrected chi connectivity index (χ3v) is 3.98. The van der Waals surface area contributed by atoms with Crippen molar-refractivity contribution in [2.75, 3.05) is 19.4 Å². The predicted octanol–water partition coefficient (Wildman–Crippen LogP) is 2.81. The van der Waals surface area contributed by atoms with Crippen LogP contribution >= 0.6 is 24.0 Å². The molecular weight excluding hydrogens is 264 g/mol. The minimum absolute atomic E-state index is 0.341. The largest absolute Gasteiger partial charge is 0.491 e. The van der Waals surface area contributed by atoms with Crippen LogP contribution in [0.1, 0.15) is 5.56 Å². The van der Waals surface area contributed by atoms with Crippen molar-refractivity contribution >= 4 is 28.3 Å². The van der Waals surface area contributed by atoms with Crippen LogP contribution in [0.2, 0.25) is 0 Å². The Bertz CT molecular complexity index is 430. The number of nitrogens with zero attached hydrogens (tertiary/aromatic N) is 1. The van der Waals surface area contributed by atoms with Gasteiger partial charge in [-0.3, -0.25) is 0 Å². The van der Waals surface area contributed by atoms with E-state index in [2.05, 4.69) is 4.74 Å². The van der Waals surface area contributed by atoms with E-state index >= 15 is 0 Å². The van der Waals surface area contributed by atoms with Gasteiger partial charge in [0.05, 0.1) is 7.11 Å². The first-order valence-electron chi connectivity index (χ1n) is 5.05. The standard InChI is InChI=1S/C11H11F2NOS2/c1-15-10-8(12)4-7(5-9(10)13)6-14-2-3-17-11(14)16/h4-5H,2-3,6H2,1H3. The van der Waals surface area contributed by atoms with Crippen molar-refractivity contribution in [1.82, 2.24) is 4.90 Å². The molecule has 0 saturated carbocycles. The Balaban J connectivity index is 2.19. The summed E-state index contributed by atoms with van der Waals surface area (Å²) < 4.78 is 32.3. The molecule has 0 unspecified atom stereocenters. The van der Waals surface area contributed by atoms with Gasteiger partial charge in [-0.25, -0.2) is 8.78 Å². The summed E-state index contributed by atoms with van der Waals surface area (Å²) in [5.41, 5.74) is 0.561. The molecule has 0 radical (unpaired) electrons. The molecule has 0 aromatic heterocycles. The van der Waals surface area contributed by atoms with Crippen LogP contribution in [-0.4, -0.2) is 28.6 Å². The Kier molecular flexibility index (Phi) is 3.83. The van der Waals surface area contributed by atoms with E-state index in [1.54, 1.807) is 11.8 Å². The zero-order chi connectivity index (χ0) is 12.4. The number of hydrogen-bond acceptors (Lipinski definition) is 3. The summed E-state index contributed by atoms with van der Waals surface area (Å²) in [5.74, 6) is -0.771. The number of methoxy groups -OCH3 is 1. The van der Waals surface area contributed by atoms with Gasteiger partial charge in [-0.2, -0.15) is 0 Å². The Hall–Kier alpha value is -0.880. The van der Waals surface area contributed by atoms with Crippen LogP contribution in [0.5, 0.6) is 5.75 Å². The lowest BCUT2D eigenvalue weighted by atomic mass is 10.2. The van der Waals surface area contributed by atoms with Crippen LogP contribution in [0.3, 0.4) is 0 Å². The molecule has 6 heteroatoms. The number of halogens is 2. The summed E-state index contributed by atoms with van der Waals surface area (Å²) in [6.07, 6.45) is 0. The average Bonchev–Trinajstić information content (AvgIpc) is 2.64. The van der Waals surface area contributed by atoms with Gasteiger partial charge in [-0.15, -0.1) is 0 Å². The van der Waals surface area contributed by atoms with Crippen LogP contribution in [0, 0.1) is 11.6 Å². The van der Waals surface area contributed by atoms with Gasteiger partial charge in [-0.1, -0.05) is 24.0 Å². The second kappa shape index (κ2) is 5.18. The van der Waals surface area contributed by atoms with E-state index in [1.807, 2.05) is 4.90 Å². The molecule has 1 aliphatic rings. The molecule has 1 fully saturated rings. The highest BCUT2D eigenvalue weighted by molar-refractivity contribution is 8.23. The van der Waals surface area contributed by atoms with Crippen molar-refractivity contribution in [1.29, 1.82) is 0 Å². The lowest BCUT2D eigenvalue weighted by Crippen LogP contribution is -2.22. The van der Waals surface area contributed by atoms with E-state index in [0.717, 1.165) is 16.6 Å². The SMILES string of the molecule is COc1c(F)cc(CN2CCSC2=S)cc1F. The molecule has 1 aliphatic heterocycles. The molecular formula is C11H11F2NOS2. The molecule has 1 heterocycles. The summed E-state index contributed by atoms with van der Waals surface area (Å²) in [6.45, 7) is 1.25. The average molecular weight is 275 g/mol. The molecule has 0 spiro atoms. The quantitative estimate of drug-likeness (QED) is 0.786. The molecule has 17 heavy (non-hydrogen) atoms. The van der Waals surface area contributed by atoms with E-state index in [9.17, 15) is 8.78 Å². The minimum atomic E-state index is -0.680. The fourth-order valence-electron chi connectivity index (χ4n) is 1.69. The first kappa shape index (κ1) is 12.6. The first-order valence-corrected chi connectivity index (χ1v) is 6.45. The molecule has 1 aromatic carbocycles. The Labute approximate surface area is 108 Å². The monoisotopic (exact) mass is 275 g/mol. The van der Waals surface area contributed by atoms with Crippen molar-refractivity contribution in [3.05, 3.63) is 29.3 Å². The van der Waals surface area contributed by atoms with Crippen LogP contribution in [0.25, 0.3) is 0 Å². The minimum Gasteiger partial charge on any atom is -0.491 e. The Morgan fingerprint density at radius 3 is 2.53 bits per heavy atom. The highest BCUT2D eigenvalue weighted by Crippen LogP contribution is 2.25. The van der Waals surface area contributed by atoms with Crippen LogP contribution in [0.15, 0.2) is 12.1 Å². The van der Waals surface area contributed by atoms with Crippen LogP contribution in [0.4, 0.5) is 8.78 Å². The fourth-order valence-corrected chi connectivity index (χ4v) is 2.92. The number of rotatable bonds is 3. The van der Waals surface area contributed by atoms with Gasteiger partial charge in [0.1, 0.15) is 4.32 Å². The van der Waals surface area contributed by atoms with Gasteiger partial charge in [0, 0.05) is 18.8 Å². The number of hydrogen-bond donors (Lipinski definition) is 0. The van der Waals surface area contributed by atoms with Crippen molar-refractivity contribution in [2.45, 2.75) is 6.54 Å². The third-order valence-electron chi connectivity index (χ3n) is 2.48. The lowest BCUT2D eigenvalue weighted by molar-refractivity contribution is 0.357. The maximum absolute atomic E-state index is 13.5. The molecule has 0 atom stereocenters. The molecule has 2 rings (SSSR count). The number of thiocarbonyl (C=S) groups is 1. The Morgan fingerprint density at radius 2 is 2.06 bits per heavy atom. The van der Waals surface area contributed by atoms with E-state index in [0.29, 0.717) is 12.1 Å². The van der Waals surface area contributed by atoms with Crippen LogP contribution in [-0.2, 0) is 6.54 Å². The van der Waals surface area contributed by atoms with Gasteiger partial charge < -0.3 is 9.64 Å². The van der Waals surface area contributed by atoms with Crippen molar-refractivity contribution < 1.29 is 13.5 Å². The Morgan fingerprint density at radius 1 is 1.41 bits per heavy atom. The first-order chi connectivity index (χ1) is 8.11. The summed E-state index contributed by atoms with van der Waals surface area (Å²) in [7, 11) is 1.24. The van der Waals surface area contributed by atoms with Crippen molar-refractivity contribution in [3.63, 3.8) is 0 Å². The highest BCUT2D eigenvalue weighted by Gasteiger charge is 2.19. The second-order valence-electron chi connectivity index (χ2n) is 3.63. The van der Waals surface area contributed by atoms with Crippen LogP contribution < -0.4 is 4.74 Å². The van der Waals surface area contributed by atoms with Gasteiger partial charge in [-0.05, 0) is 17.7 Å². The molecule has 1 aromatic rings. The number of benzene rings is 1. The summed E-state index contributed by atoms with van der Waals surface area (Å²) in [4.78, 5) is 1.93. The zero-order valence-electron chi connectivity index (χ0n) is 9.20. The molecule has 0 N–H and O–H groups in total. The number of ether oxygens (including phenoxy) is 1. The van der Waals surface area contributed by atoms with Gasteiger partial charge in [0.2, 0.25) is 0 Å². The van der Waals surface area contributed by atoms with E-state index in [4.69, 9.17) is 12.2 Å². The van der Waals surface area contributed by atoms with E-state index in [1.165, 1.54) is 19.2 Å². The van der Waals surface area contributed by atoms with E-state index < -0.39 is 11.6 Å². The molecule has 0 aliphatic carbocycles. The topological polar surface area (TPSA) is 12.5 Å². The van der Waals surface area contributed by atoms with Crippen molar-refractivity contribution in [2.24, 2.45) is 0 Å². The van der Waals surface area contributed by atoms with Crippen molar-refractivity contribution in [3.8, 4) is 5.75 Å². The smallest absolute Gasteiger partial charge is 0.190 e. The summed E-state index contributed by atoms with van der Waals surface area (Å²) >= 11 is 6.72. The second-order valence-corrected chi connectivity index (χ2v) is 5.36. The predicted molar refractivity (Wildman–Crippen MR) is 68.4 cm³/mol. The maximum Gasteiger partial charge on any atom is 0.190 e. The fraction of sp³-hybridized carbons (Fsp3) is 0.364. The zero-order valence-corrected chi connectivity index (χ0v) is 10.8. The molecule has 0 amide bonds. The molecule has 2 nitrogen and oxygen atoms in total. The third kappa shape index (κ3) is 2.69. The molecule has 1 saturated heterocycles. The van der Waals surface area contributed by atoms with Gasteiger partial charge in [0.25, 0.3) is 0 Å². The lowest BCUT2D eigenvalue weighted by Gasteiger charge is -2.17. The summed E-state index contributed by atoms with van der Waals surface area (Å²) in [6, 6.07) is 2.57. The number of thioether (sulfide) groups is 1. The maximum atomic E-state index is 13.5. The summed E-state index contributed by atoms with van der Waals surface area (Å²) in [5, 5.41) is 0. The normalized spacial score (nSPS) is 15.5. The molecule has 92 valence electrons. The highest BCUT2D eigenvalue weighted by atomic mass is 32.2. The van der Waals surface area contributed by atoms with E-state index in [-0.39, 0.29) is 5.75 Å².